The average molecular weight is 278 g/mol. The molecule has 1 amide bonds. The minimum Gasteiger partial charge on any atom is -0.462 e. The molecule has 1 rings (SSSR count). The number of benzene rings is 1. The van der Waals surface area contributed by atoms with E-state index < -0.39 is 0 Å². The van der Waals surface area contributed by atoms with Crippen molar-refractivity contribution in [1.29, 1.82) is 0 Å². The van der Waals surface area contributed by atoms with Crippen LogP contribution in [0.2, 0.25) is 0 Å². The number of unbranched alkanes of at least 4 members (excludes halogenated alkanes) is 1. The molecule has 0 unspecified atom stereocenters. The van der Waals surface area contributed by atoms with Gasteiger partial charge in [0.25, 0.3) is 0 Å². The van der Waals surface area contributed by atoms with E-state index in [2.05, 4.69) is 17.6 Å². The van der Waals surface area contributed by atoms with E-state index in [1.54, 1.807) is 31.2 Å². The summed E-state index contributed by atoms with van der Waals surface area (Å²) in [6.07, 6.45) is 2.00. The number of hydrogen-bond acceptors (Lipinski definition) is 4. The van der Waals surface area contributed by atoms with Crippen molar-refractivity contribution in [2.45, 2.75) is 26.7 Å². The van der Waals surface area contributed by atoms with Crippen LogP contribution in [0.1, 0.15) is 37.0 Å². The molecule has 0 aliphatic heterocycles. The number of para-hydroxylation sites is 1. The van der Waals surface area contributed by atoms with E-state index in [1.807, 2.05) is 0 Å². The second kappa shape index (κ2) is 8.96. The predicted octanol–water partition coefficient (Wildman–Crippen LogP) is 2.19. The smallest absolute Gasteiger partial charge is 0.340 e. The molecule has 0 aromatic heterocycles. The van der Waals surface area contributed by atoms with Gasteiger partial charge in [0.05, 0.1) is 18.7 Å². The Morgan fingerprint density at radius 3 is 2.65 bits per heavy atom. The molecule has 0 spiro atoms. The average Bonchev–Trinajstić information content (AvgIpc) is 2.46. The molecular formula is C15H22N2O3. The topological polar surface area (TPSA) is 67.4 Å². The molecule has 0 fully saturated rings. The summed E-state index contributed by atoms with van der Waals surface area (Å²) in [4.78, 5) is 23.4. The van der Waals surface area contributed by atoms with Crippen molar-refractivity contribution in [3.05, 3.63) is 29.8 Å². The molecule has 0 bridgehead atoms. The third kappa shape index (κ3) is 5.30. The Morgan fingerprint density at radius 2 is 1.95 bits per heavy atom. The Bertz CT molecular complexity index is 446. The molecule has 0 aliphatic carbocycles. The van der Waals surface area contributed by atoms with Gasteiger partial charge in [0, 0.05) is 12.2 Å². The lowest BCUT2D eigenvalue weighted by Crippen LogP contribution is -2.30. The van der Waals surface area contributed by atoms with E-state index in [9.17, 15) is 9.59 Å². The molecule has 0 aliphatic rings. The molecule has 5 heteroatoms. The maximum atomic E-state index is 11.8. The summed E-state index contributed by atoms with van der Waals surface area (Å²) >= 11 is 0. The fourth-order valence-corrected chi connectivity index (χ4v) is 1.67. The quantitative estimate of drug-likeness (QED) is 0.565. The van der Waals surface area contributed by atoms with Crippen LogP contribution < -0.4 is 10.6 Å². The highest BCUT2D eigenvalue weighted by Gasteiger charge is 2.12. The van der Waals surface area contributed by atoms with Crippen molar-refractivity contribution >= 4 is 17.6 Å². The molecule has 1 aromatic carbocycles. The number of amides is 1. The Morgan fingerprint density at radius 1 is 1.20 bits per heavy atom. The molecule has 110 valence electrons. The largest absolute Gasteiger partial charge is 0.462 e. The lowest BCUT2D eigenvalue weighted by molar-refractivity contribution is -0.119. The third-order valence-corrected chi connectivity index (χ3v) is 2.71. The maximum Gasteiger partial charge on any atom is 0.340 e. The molecule has 2 N–H and O–H groups in total. The first kappa shape index (κ1) is 16.0. The van der Waals surface area contributed by atoms with Gasteiger partial charge in [0.1, 0.15) is 0 Å². The normalized spacial score (nSPS) is 9.90. The van der Waals surface area contributed by atoms with Gasteiger partial charge in [0.2, 0.25) is 5.91 Å². The zero-order valence-corrected chi connectivity index (χ0v) is 12.1. The molecule has 0 saturated carbocycles. The van der Waals surface area contributed by atoms with E-state index in [0.717, 1.165) is 12.8 Å². The second-order valence-electron chi connectivity index (χ2n) is 4.32. The summed E-state index contributed by atoms with van der Waals surface area (Å²) in [5, 5.41) is 5.78. The van der Waals surface area contributed by atoms with Crippen LogP contribution in [-0.4, -0.2) is 31.6 Å². The number of esters is 1. The zero-order valence-electron chi connectivity index (χ0n) is 12.1. The van der Waals surface area contributed by atoms with Crippen LogP contribution in [0.15, 0.2) is 24.3 Å². The number of carbonyl (C=O) groups excluding carboxylic acids is 2. The van der Waals surface area contributed by atoms with Gasteiger partial charge < -0.3 is 15.4 Å². The molecule has 0 saturated heterocycles. The minimum atomic E-state index is -0.387. The SMILES string of the molecule is CCCCNC(=O)CNc1ccccc1C(=O)OCC. The van der Waals surface area contributed by atoms with Gasteiger partial charge in [-0.2, -0.15) is 0 Å². The van der Waals surface area contributed by atoms with Crippen molar-refractivity contribution in [1.82, 2.24) is 5.32 Å². The Balaban J connectivity index is 2.55. The van der Waals surface area contributed by atoms with E-state index >= 15 is 0 Å². The molecule has 0 radical (unpaired) electrons. The third-order valence-electron chi connectivity index (χ3n) is 2.71. The first-order valence-electron chi connectivity index (χ1n) is 6.95. The van der Waals surface area contributed by atoms with Gasteiger partial charge in [-0.05, 0) is 25.5 Å². The molecule has 1 aromatic rings. The van der Waals surface area contributed by atoms with E-state index in [-0.39, 0.29) is 18.4 Å². The van der Waals surface area contributed by atoms with E-state index in [4.69, 9.17) is 4.74 Å². The van der Waals surface area contributed by atoms with E-state index in [1.165, 1.54) is 0 Å². The number of hydrogen-bond donors (Lipinski definition) is 2. The monoisotopic (exact) mass is 278 g/mol. The number of carbonyl (C=O) groups is 2. The number of rotatable bonds is 8. The number of nitrogens with one attached hydrogen (secondary N) is 2. The minimum absolute atomic E-state index is 0.0860. The highest BCUT2D eigenvalue weighted by Crippen LogP contribution is 2.15. The van der Waals surface area contributed by atoms with Gasteiger partial charge in [-0.15, -0.1) is 0 Å². The molecule has 0 heterocycles. The fourth-order valence-electron chi connectivity index (χ4n) is 1.67. The molecule has 20 heavy (non-hydrogen) atoms. The van der Waals surface area contributed by atoms with Crippen LogP contribution in [0.4, 0.5) is 5.69 Å². The van der Waals surface area contributed by atoms with Crippen molar-refractivity contribution in [3.8, 4) is 0 Å². The van der Waals surface area contributed by atoms with Crippen LogP contribution in [0, 0.1) is 0 Å². The van der Waals surface area contributed by atoms with Gasteiger partial charge in [-0.25, -0.2) is 4.79 Å². The highest BCUT2D eigenvalue weighted by atomic mass is 16.5. The lowest BCUT2D eigenvalue weighted by atomic mass is 10.2. The maximum absolute atomic E-state index is 11.8. The van der Waals surface area contributed by atoms with Gasteiger partial charge in [0.15, 0.2) is 0 Å². The molecule has 5 nitrogen and oxygen atoms in total. The highest BCUT2D eigenvalue weighted by molar-refractivity contribution is 5.96. The summed E-state index contributed by atoms with van der Waals surface area (Å²) in [6, 6.07) is 7.00. The summed E-state index contributed by atoms with van der Waals surface area (Å²) < 4.78 is 4.98. The van der Waals surface area contributed by atoms with Crippen LogP contribution in [0.25, 0.3) is 0 Å². The molecular weight excluding hydrogens is 256 g/mol. The summed E-state index contributed by atoms with van der Waals surface area (Å²) in [5.74, 6) is -0.473. The first-order chi connectivity index (χ1) is 9.69. The van der Waals surface area contributed by atoms with Crippen molar-refractivity contribution < 1.29 is 14.3 Å². The summed E-state index contributed by atoms with van der Waals surface area (Å²) in [7, 11) is 0. The van der Waals surface area contributed by atoms with Crippen LogP contribution in [0.3, 0.4) is 0 Å². The van der Waals surface area contributed by atoms with Gasteiger partial charge in [-0.3, -0.25) is 4.79 Å². The summed E-state index contributed by atoms with van der Waals surface area (Å²) in [5.41, 5.74) is 1.05. The fraction of sp³-hybridized carbons (Fsp3) is 0.467. The Labute approximate surface area is 119 Å². The Hall–Kier alpha value is -2.04. The van der Waals surface area contributed by atoms with Crippen molar-refractivity contribution in [2.24, 2.45) is 0 Å². The van der Waals surface area contributed by atoms with Crippen molar-refractivity contribution in [3.63, 3.8) is 0 Å². The van der Waals surface area contributed by atoms with Crippen molar-refractivity contribution in [2.75, 3.05) is 25.0 Å². The van der Waals surface area contributed by atoms with Crippen LogP contribution in [-0.2, 0) is 9.53 Å². The summed E-state index contributed by atoms with van der Waals surface area (Å²) in [6.45, 7) is 4.97. The van der Waals surface area contributed by atoms with Crippen LogP contribution >= 0.6 is 0 Å². The second-order valence-corrected chi connectivity index (χ2v) is 4.32. The van der Waals surface area contributed by atoms with Gasteiger partial charge in [-0.1, -0.05) is 25.5 Å². The molecule has 0 atom stereocenters. The number of anilines is 1. The standard InChI is InChI=1S/C15H22N2O3/c1-3-5-10-16-14(18)11-17-13-9-7-6-8-12(13)15(19)20-4-2/h6-9,17H,3-5,10-11H2,1-2H3,(H,16,18). The van der Waals surface area contributed by atoms with Gasteiger partial charge >= 0.3 is 5.97 Å². The number of ether oxygens (including phenoxy) is 1. The van der Waals surface area contributed by atoms with E-state index in [0.29, 0.717) is 24.4 Å². The predicted molar refractivity (Wildman–Crippen MR) is 78.8 cm³/mol. The zero-order chi connectivity index (χ0) is 14.8. The first-order valence-corrected chi connectivity index (χ1v) is 6.95. The van der Waals surface area contributed by atoms with Crippen LogP contribution in [0.5, 0.6) is 0 Å². The lowest BCUT2D eigenvalue weighted by Gasteiger charge is -2.11. The Kier molecular flexibility index (Phi) is 7.17.